The van der Waals surface area contributed by atoms with Gasteiger partial charge in [0.1, 0.15) is 5.52 Å². The normalized spacial score (nSPS) is 10.6. The fourth-order valence-electron chi connectivity index (χ4n) is 2.20. The van der Waals surface area contributed by atoms with Crippen molar-refractivity contribution >= 4 is 34.5 Å². The second-order valence-corrected chi connectivity index (χ2v) is 5.22. The number of benzene rings is 1. The summed E-state index contributed by atoms with van der Waals surface area (Å²) >= 11 is 0. The summed E-state index contributed by atoms with van der Waals surface area (Å²) in [6.07, 6.45) is 2.50. The number of pyridine rings is 1. The van der Waals surface area contributed by atoms with Crippen LogP contribution in [-0.2, 0) is 4.79 Å². The van der Waals surface area contributed by atoms with Crippen molar-refractivity contribution in [3.05, 3.63) is 52.7 Å². The van der Waals surface area contributed by atoms with Crippen molar-refractivity contribution in [2.45, 2.75) is 19.8 Å². The molecule has 3 aromatic rings. The lowest BCUT2D eigenvalue weighted by Gasteiger charge is -2.09. The van der Waals surface area contributed by atoms with E-state index in [1.54, 1.807) is 30.5 Å². The molecule has 25 heavy (non-hydrogen) atoms. The summed E-state index contributed by atoms with van der Waals surface area (Å²) in [5, 5.41) is 13.7. The molecule has 0 aliphatic heterocycles. The van der Waals surface area contributed by atoms with Gasteiger partial charge in [-0.2, -0.15) is 0 Å². The second-order valence-electron chi connectivity index (χ2n) is 5.22. The maximum atomic E-state index is 11.9. The number of nitrogens with zero attached hydrogens (tertiary/aromatic N) is 4. The Labute approximate surface area is 142 Å². The molecule has 0 saturated heterocycles. The number of imidazole rings is 1. The molecule has 0 aliphatic rings. The molecule has 0 amide bonds. The summed E-state index contributed by atoms with van der Waals surface area (Å²) in [5.74, 6) is -0.147. The van der Waals surface area contributed by atoms with Crippen LogP contribution in [0, 0.1) is 10.1 Å². The largest absolute Gasteiger partial charge is 0.333 e. The molecular formula is C16H15N5O4. The van der Waals surface area contributed by atoms with E-state index < -0.39 is 10.9 Å². The average molecular weight is 341 g/mol. The van der Waals surface area contributed by atoms with Crippen molar-refractivity contribution in [2.75, 3.05) is 5.32 Å². The molecule has 2 aromatic heterocycles. The fraction of sp³-hybridized carbons (Fsp3) is 0.188. The Bertz CT molecular complexity index is 920. The highest BCUT2D eigenvalue weighted by molar-refractivity contribution is 5.77. The first-order chi connectivity index (χ1) is 12.1. The van der Waals surface area contributed by atoms with Gasteiger partial charge in [0.05, 0.1) is 4.92 Å². The van der Waals surface area contributed by atoms with Crippen molar-refractivity contribution in [3.8, 4) is 0 Å². The summed E-state index contributed by atoms with van der Waals surface area (Å²) in [7, 11) is 0. The van der Waals surface area contributed by atoms with Crippen LogP contribution in [0.1, 0.15) is 19.8 Å². The SMILES string of the molecule is CCCC(=O)On1c(Nc2ccc([N+](=O)[O-])cc2)nc2cccnc21. The van der Waals surface area contributed by atoms with E-state index in [1.807, 2.05) is 6.92 Å². The number of carbonyl (C=O) groups is 1. The van der Waals surface area contributed by atoms with Gasteiger partial charge >= 0.3 is 5.97 Å². The van der Waals surface area contributed by atoms with E-state index in [-0.39, 0.29) is 18.1 Å². The van der Waals surface area contributed by atoms with Crippen LogP contribution in [0.3, 0.4) is 0 Å². The van der Waals surface area contributed by atoms with Crippen LogP contribution in [0.25, 0.3) is 11.2 Å². The number of nitrogens with one attached hydrogen (secondary N) is 1. The second kappa shape index (κ2) is 6.95. The number of rotatable bonds is 6. The predicted molar refractivity (Wildman–Crippen MR) is 90.4 cm³/mol. The highest BCUT2D eigenvalue weighted by Gasteiger charge is 2.16. The van der Waals surface area contributed by atoms with E-state index in [4.69, 9.17) is 4.84 Å². The first kappa shape index (κ1) is 16.4. The van der Waals surface area contributed by atoms with Crippen LogP contribution < -0.4 is 10.2 Å². The first-order valence-electron chi connectivity index (χ1n) is 7.64. The lowest BCUT2D eigenvalue weighted by molar-refractivity contribution is -0.384. The highest BCUT2D eigenvalue weighted by Crippen LogP contribution is 2.22. The molecule has 0 unspecified atom stereocenters. The molecule has 2 heterocycles. The van der Waals surface area contributed by atoms with E-state index >= 15 is 0 Å². The number of aromatic nitrogens is 3. The molecule has 0 fully saturated rings. The lowest BCUT2D eigenvalue weighted by atomic mass is 10.3. The van der Waals surface area contributed by atoms with Crippen molar-refractivity contribution in [1.82, 2.24) is 14.7 Å². The summed E-state index contributed by atoms with van der Waals surface area (Å²) in [5.41, 5.74) is 1.50. The maximum absolute atomic E-state index is 11.9. The Morgan fingerprint density at radius 3 is 2.76 bits per heavy atom. The van der Waals surface area contributed by atoms with Gasteiger partial charge in [0.2, 0.25) is 5.95 Å². The number of carbonyl (C=O) groups excluding carboxylic acids is 1. The molecule has 9 heteroatoms. The van der Waals surface area contributed by atoms with Crippen LogP contribution in [0.2, 0.25) is 0 Å². The molecule has 0 aliphatic carbocycles. The van der Waals surface area contributed by atoms with Crippen molar-refractivity contribution < 1.29 is 14.6 Å². The summed E-state index contributed by atoms with van der Waals surface area (Å²) < 4.78 is 1.23. The van der Waals surface area contributed by atoms with Crippen LogP contribution in [0.15, 0.2) is 42.6 Å². The van der Waals surface area contributed by atoms with Crippen LogP contribution >= 0.6 is 0 Å². The Kier molecular flexibility index (Phi) is 4.55. The van der Waals surface area contributed by atoms with Crippen LogP contribution in [0.4, 0.5) is 17.3 Å². The Morgan fingerprint density at radius 2 is 2.08 bits per heavy atom. The molecule has 0 radical (unpaired) electrons. The standard InChI is InChI=1S/C16H15N5O4/c1-2-4-14(22)25-20-15-13(5-3-10-17-15)19-16(20)18-11-6-8-12(9-7-11)21(23)24/h3,5-10H,2,4H2,1H3,(H,18,19). The molecule has 9 nitrogen and oxygen atoms in total. The number of non-ortho nitro benzene ring substituents is 1. The summed E-state index contributed by atoms with van der Waals surface area (Å²) in [6, 6.07) is 9.30. The summed E-state index contributed by atoms with van der Waals surface area (Å²) in [6.45, 7) is 1.88. The monoisotopic (exact) mass is 341 g/mol. The van der Waals surface area contributed by atoms with Gasteiger partial charge < -0.3 is 10.2 Å². The topological polar surface area (TPSA) is 112 Å². The molecule has 128 valence electrons. The minimum Gasteiger partial charge on any atom is -0.331 e. The molecule has 0 spiro atoms. The third-order valence-electron chi connectivity index (χ3n) is 3.36. The number of anilines is 2. The van der Waals surface area contributed by atoms with E-state index in [0.717, 1.165) is 0 Å². The molecule has 0 atom stereocenters. The number of nitro groups is 1. The number of fused-ring (bicyclic) bond motifs is 1. The zero-order valence-corrected chi connectivity index (χ0v) is 13.4. The molecular weight excluding hydrogens is 326 g/mol. The van der Waals surface area contributed by atoms with Gasteiger partial charge in [-0.05, 0) is 30.7 Å². The van der Waals surface area contributed by atoms with E-state index in [2.05, 4.69) is 15.3 Å². The average Bonchev–Trinajstić information content (AvgIpc) is 2.93. The zero-order valence-electron chi connectivity index (χ0n) is 13.4. The van der Waals surface area contributed by atoms with Gasteiger partial charge in [0, 0.05) is 30.4 Å². The van der Waals surface area contributed by atoms with E-state index in [0.29, 0.717) is 23.3 Å². The minimum absolute atomic E-state index is 0.0184. The van der Waals surface area contributed by atoms with Gasteiger partial charge in [0.25, 0.3) is 5.69 Å². The Balaban J connectivity index is 1.94. The van der Waals surface area contributed by atoms with Crippen molar-refractivity contribution in [2.24, 2.45) is 0 Å². The summed E-state index contributed by atoms with van der Waals surface area (Å²) in [4.78, 5) is 36.0. The van der Waals surface area contributed by atoms with Gasteiger partial charge in [-0.3, -0.25) is 10.1 Å². The van der Waals surface area contributed by atoms with Gasteiger partial charge in [0.15, 0.2) is 5.65 Å². The van der Waals surface area contributed by atoms with Crippen molar-refractivity contribution in [3.63, 3.8) is 0 Å². The molecule has 3 rings (SSSR count). The van der Waals surface area contributed by atoms with Crippen molar-refractivity contribution in [1.29, 1.82) is 0 Å². The number of nitro benzene ring substituents is 1. The molecule has 0 saturated carbocycles. The quantitative estimate of drug-likeness (QED) is 0.542. The Hall–Kier alpha value is -3.49. The van der Waals surface area contributed by atoms with Crippen LogP contribution in [-0.4, -0.2) is 25.6 Å². The smallest absolute Gasteiger partial charge is 0.331 e. The van der Waals surface area contributed by atoms with E-state index in [1.165, 1.54) is 16.9 Å². The Morgan fingerprint density at radius 1 is 1.32 bits per heavy atom. The maximum Gasteiger partial charge on any atom is 0.333 e. The van der Waals surface area contributed by atoms with Gasteiger partial charge in [-0.25, -0.2) is 14.8 Å². The molecule has 1 N–H and O–H groups in total. The van der Waals surface area contributed by atoms with E-state index in [9.17, 15) is 14.9 Å². The third kappa shape index (κ3) is 3.55. The predicted octanol–water partition coefficient (Wildman–Crippen LogP) is 2.84. The fourth-order valence-corrected chi connectivity index (χ4v) is 2.20. The highest BCUT2D eigenvalue weighted by atomic mass is 16.7. The first-order valence-corrected chi connectivity index (χ1v) is 7.64. The molecule has 1 aromatic carbocycles. The lowest BCUT2D eigenvalue weighted by Crippen LogP contribution is -2.21. The number of hydrogen-bond donors (Lipinski definition) is 1. The van der Waals surface area contributed by atoms with Crippen LogP contribution in [0.5, 0.6) is 0 Å². The zero-order chi connectivity index (χ0) is 17.8. The number of hydrogen-bond acceptors (Lipinski definition) is 7. The minimum atomic E-state index is -0.477. The third-order valence-corrected chi connectivity index (χ3v) is 3.36. The van der Waals surface area contributed by atoms with Gasteiger partial charge in [-0.15, -0.1) is 4.73 Å². The van der Waals surface area contributed by atoms with Gasteiger partial charge in [-0.1, -0.05) is 6.92 Å². The molecule has 0 bridgehead atoms.